The van der Waals surface area contributed by atoms with Crippen LogP contribution in [-0.4, -0.2) is 13.0 Å². The molecule has 0 heterocycles. The van der Waals surface area contributed by atoms with Crippen LogP contribution in [0.15, 0.2) is 51.4 Å². The lowest BCUT2D eigenvalue weighted by Crippen LogP contribution is -2.12. The van der Waals surface area contributed by atoms with Gasteiger partial charge in [-0.3, -0.25) is 4.79 Å². The molecule has 0 fully saturated rings. The Morgan fingerprint density at radius 2 is 1.74 bits per heavy atom. The van der Waals surface area contributed by atoms with Gasteiger partial charge in [0.25, 0.3) is 5.91 Å². The van der Waals surface area contributed by atoms with Gasteiger partial charge < -0.3 is 10.6 Å². The highest BCUT2D eigenvalue weighted by molar-refractivity contribution is 9.11. The molecule has 0 aromatic heterocycles. The predicted octanol–water partition coefficient (Wildman–Crippen LogP) is 4.51. The van der Waals surface area contributed by atoms with Crippen molar-refractivity contribution in [3.63, 3.8) is 0 Å². The quantitative estimate of drug-likeness (QED) is 0.818. The molecular weight excluding hydrogens is 372 g/mol. The number of amides is 1. The molecule has 0 atom stereocenters. The van der Waals surface area contributed by atoms with Crippen molar-refractivity contribution in [2.75, 3.05) is 17.7 Å². The molecule has 5 heteroatoms. The van der Waals surface area contributed by atoms with E-state index in [9.17, 15) is 4.79 Å². The van der Waals surface area contributed by atoms with E-state index in [0.717, 1.165) is 20.3 Å². The number of nitrogens with one attached hydrogen (secondary N) is 2. The smallest absolute Gasteiger partial charge is 0.255 e. The van der Waals surface area contributed by atoms with Gasteiger partial charge in [0.05, 0.1) is 5.69 Å². The maximum absolute atomic E-state index is 12.1. The molecule has 2 aromatic rings. The minimum Gasteiger partial charge on any atom is -0.388 e. The van der Waals surface area contributed by atoms with Gasteiger partial charge in [0.1, 0.15) is 0 Å². The maximum Gasteiger partial charge on any atom is 0.255 e. The second-order valence-electron chi connectivity index (χ2n) is 3.91. The summed E-state index contributed by atoms with van der Waals surface area (Å²) in [6.45, 7) is 0. The Morgan fingerprint density at radius 3 is 2.37 bits per heavy atom. The number of hydrogen-bond acceptors (Lipinski definition) is 2. The van der Waals surface area contributed by atoms with Gasteiger partial charge >= 0.3 is 0 Å². The fraction of sp³-hybridized carbons (Fsp3) is 0.0714. The van der Waals surface area contributed by atoms with Crippen LogP contribution in [-0.2, 0) is 0 Å². The first kappa shape index (κ1) is 14.1. The Balaban J connectivity index is 2.18. The van der Waals surface area contributed by atoms with E-state index in [2.05, 4.69) is 42.5 Å². The van der Waals surface area contributed by atoms with E-state index < -0.39 is 0 Å². The van der Waals surface area contributed by atoms with E-state index in [1.165, 1.54) is 0 Å². The Labute approximate surface area is 128 Å². The molecule has 0 saturated carbocycles. The summed E-state index contributed by atoms with van der Waals surface area (Å²) in [6.07, 6.45) is 0. The summed E-state index contributed by atoms with van der Waals surface area (Å²) in [5.74, 6) is -0.138. The molecule has 2 N–H and O–H groups in total. The summed E-state index contributed by atoms with van der Waals surface area (Å²) in [5, 5.41) is 5.88. The fourth-order valence-corrected chi connectivity index (χ4v) is 2.28. The van der Waals surface area contributed by atoms with Crippen LogP contribution < -0.4 is 10.6 Å². The minimum atomic E-state index is -0.138. The third kappa shape index (κ3) is 3.58. The van der Waals surface area contributed by atoms with E-state index in [-0.39, 0.29) is 5.91 Å². The molecule has 19 heavy (non-hydrogen) atoms. The normalized spacial score (nSPS) is 10.1. The zero-order chi connectivity index (χ0) is 13.8. The minimum absolute atomic E-state index is 0.138. The number of halogens is 2. The number of carbonyl (C=O) groups is 1. The molecule has 0 aliphatic heterocycles. The summed E-state index contributed by atoms with van der Waals surface area (Å²) >= 11 is 6.79. The molecule has 1 amide bonds. The lowest BCUT2D eigenvalue weighted by molar-refractivity contribution is 0.102. The van der Waals surface area contributed by atoms with Crippen molar-refractivity contribution in [1.82, 2.24) is 0 Å². The monoisotopic (exact) mass is 382 g/mol. The average molecular weight is 384 g/mol. The zero-order valence-corrected chi connectivity index (χ0v) is 13.4. The van der Waals surface area contributed by atoms with Crippen LogP contribution in [0.1, 0.15) is 10.4 Å². The number of hydrogen-bond donors (Lipinski definition) is 2. The van der Waals surface area contributed by atoms with E-state index in [1.807, 2.05) is 37.4 Å². The highest BCUT2D eigenvalue weighted by Gasteiger charge is 2.08. The SMILES string of the molecule is CNc1ccc(C(=O)Nc2cc(Br)ccc2Br)cc1. The first-order chi connectivity index (χ1) is 9.10. The zero-order valence-electron chi connectivity index (χ0n) is 10.2. The van der Waals surface area contributed by atoms with Crippen molar-refractivity contribution in [3.8, 4) is 0 Å². The van der Waals surface area contributed by atoms with E-state index in [0.29, 0.717) is 5.56 Å². The van der Waals surface area contributed by atoms with Crippen LogP contribution in [0.4, 0.5) is 11.4 Å². The summed E-state index contributed by atoms with van der Waals surface area (Å²) < 4.78 is 1.76. The lowest BCUT2D eigenvalue weighted by Gasteiger charge is -2.08. The number of anilines is 2. The molecule has 2 rings (SSSR count). The molecule has 2 aromatic carbocycles. The van der Waals surface area contributed by atoms with Crippen LogP contribution in [0.3, 0.4) is 0 Å². The Hall–Kier alpha value is -1.33. The van der Waals surface area contributed by atoms with Crippen molar-refractivity contribution >= 4 is 49.1 Å². The first-order valence-corrected chi connectivity index (χ1v) is 7.23. The second kappa shape index (κ2) is 6.21. The van der Waals surface area contributed by atoms with E-state index in [4.69, 9.17) is 0 Å². The highest BCUT2D eigenvalue weighted by Crippen LogP contribution is 2.26. The average Bonchev–Trinajstić information content (AvgIpc) is 2.43. The molecule has 0 unspecified atom stereocenters. The second-order valence-corrected chi connectivity index (χ2v) is 5.68. The van der Waals surface area contributed by atoms with Gasteiger partial charge in [-0.1, -0.05) is 15.9 Å². The summed E-state index contributed by atoms with van der Waals surface area (Å²) in [5.41, 5.74) is 2.32. The van der Waals surface area contributed by atoms with Crippen LogP contribution in [0, 0.1) is 0 Å². The summed E-state index contributed by atoms with van der Waals surface area (Å²) in [4.78, 5) is 12.1. The van der Waals surface area contributed by atoms with Gasteiger partial charge in [0.15, 0.2) is 0 Å². The molecule has 0 radical (unpaired) electrons. The number of rotatable bonds is 3. The molecular formula is C14H12Br2N2O. The van der Waals surface area contributed by atoms with Gasteiger partial charge in [-0.25, -0.2) is 0 Å². The standard InChI is InChI=1S/C14H12Br2N2O/c1-17-11-5-2-9(3-6-11)14(19)18-13-8-10(15)4-7-12(13)16/h2-8,17H,1H3,(H,18,19). The van der Waals surface area contributed by atoms with Crippen molar-refractivity contribution in [3.05, 3.63) is 57.0 Å². The highest BCUT2D eigenvalue weighted by atomic mass is 79.9. The Bertz CT molecular complexity index is 597. The summed E-state index contributed by atoms with van der Waals surface area (Å²) in [7, 11) is 1.84. The Kier molecular flexibility index (Phi) is 4.61. The summed E-state index contributed by atoms with van der Waals surface area (Å²) in [6, 6.07) is 12.9. The Morgan fingerprint density at radius 1 is 1.05 bits per heavy atom. The molecule has 0 aliphatic rings. The number of carbonyl (C=O) groups excluding carboxylic acids is 1. The van der Waals surface area contributed by atoms with Crippen molar-refractivity contribution in [1.29, 1.82) is 0 Å². The largest absolute Gasteiger partial charge is 0.388 e. The molecule has 0 saturated heterocycles. The molecule has 0 spiro atoms. The van der Waals surface area contributed by atoms with E-state index in [1.54, 1.807) is 12.1 Å². The maximum atomic E-state index is 12.1. The fourth-order valence-electron chi connectivity index (χ4n) is 1.58. The van der Waals surface area contributed by atoms with Crippen LogP contribution in [0.25, 0.3) is 0 Å². The predicted molar refractivity (Wildman–Crippen MR) is 85.8 cm³/mol. The van der Waals surface area contributed by atoms with Crippen molar-refractivity contribution < 1.29 is 4.79 Å². The van der Waals surface area contributed by atoms with Gasteiger partial charge in [0.2, 0.25) is 0 Å². The molecule has 3 nitrogen and oxygen atoms in total. The van der Waals surface area contributed by atoms with Crippen molar-refractivity contribution in [2.24, 2.45) is 0 Å². The van der Waals surface area contributed by atoms with Crippen LogP contribution in [0.2, 0.25) is 0 Å². The van der Waals surface area contributed by atoms with E-state index >= 15 is 0 Å². The van der Waals surface area contributed by atoms with Gasteiger partial charge in [-0.2, -0.15) is 0 Å². The lowest BCUT2D eigenvalue weighted by atomic mass is 10.2. The third-order valence-electron chi connectivity index (χ3n) is 2.61. The van der Waals surface area contributed by atoms with Crippen LogP contribution >= 0.6 is 31.9 Å². The first-order valence-electron chi connectivity index (χ1n) is 5.64. The molecule has 98 valence electrons. The van der Waals surface area contributed by atoms with Crippen LogP contribution in [0.5, 0.6) is 0 Å². The topological polar surface area (TPSA) is 41.1 Å². The number of benzene rings is 2. The van der Waals surface area contributed by atoms with Gasteiger partial charge in [-0.15, -0.1) is 0 Å². The van der Waals surface area contributed by atoms with Gasteiger partial charge in [0, 0.05) is 27.2 Å². The molecule has 0 aliphatic carbocycles. The molecule has 0 bridgehead atoms. The van der Waals surface area contributed by atoms with Crippen molar-refractivity contribution in [2.45, 2.75) is 0 Å². The van der Waals surface area contributed by atoms with Gasteiger partial charge in [-0.05, 0) is 58.4 Å². The third-order valence-corrected chi connectivity index (χ3v) is 3.80.